The third-order valence-electron chi connectivity index (χ3n) is 2.82. The fourth-order valence-corrected chi connectivity index (χ4v) is 1.74. The number of hydrogen-bond acceptors (Lipinski definition) is 3. The molecule has 14 heavy (non-hydrogen) atoms. The highest BCUT2D eigenvalue weighted by Gasteiger charge is 2.30. The molecule has 1 N–H and O–H groups in total. The summed E-state index contributed by atoms with van der Waals surface area (Å²) in [5.74, 6) is 0.675. The first-order chi connectivity index (χ1) is 6.70. The van der Waals surface area contributed by atoms with Crippen molar-refractivity contribution in [2.45, 2.75) is 32.3 Å². The molecule has 2 rings (SSSR count). The quantitative estimate of drug-likeness (QED) is 0.784. The number of rotatable bonds is 2. The predicted octanol–water partition coefficient (Wildman–Crippen LogP) is 2.11. The maximum atomic E-state index is 5.91. The van der Waals surface area contributed by atoms with Crippen molar-refractivity contribution in [3.8, 4) is 5.95 Å². The summed E-state index contributed by atoms with van der Waals surface area (Å²) in [6, 6.07) is 1.93. The minimum absolute atomic E-state index is 0.0616. The van der Waals surface area contributed by atoms with Gasteiger partial charge >= 0.3 is 0 Å². The van der Waals surface area contributed by atoms with E-state index in [1.165, 1.54) is 0 Å². The minimum Gasteiger partial charge on any atom is -0.459 e. The third-order valence-corrected chi connectivity index (χ3v) is 2.82. The molecule has 78 valence electrons. The molecule has 1 aliphatic rings. The van der Waals surface area contributed by atoms with Gasteiger partial charge in [0.15, 0.2) is 0 Å². The lowest BCUT2D eigenvalue weighted by molar-refractivity contribution is 0.0309. The maximum absolute atomic E-state index is 5.91. The molecule has 1 aromatic heterocycles. The van der Waals surface area contributed by atoms with Gasteiger partial charge in [-0.1, -0.05) is 0 Å². The summed E-state index contributed by atoms with van der Waals surface area (Å²) >= 11 is 0. The monoisotopic (exact) mass is 195 g/mol. The van der Waals surface area contributed by atoms with E-state index in [0.717, 1.165) is 31.5 Å². The van der Waals surface area contributed by atoms with E-state index in [9.17, 15) is 0 Å². The van der Waals surface area contributed by atoms with Crippen molar-refractivity contribution in [3.05, 3.63) is 17.9 Å². The predicted molar refractivity (Wildman–Crippen MR) is 54.6 cm³/mol. The molecule has 3 heteroatoms. The first-order valence-electron chi connectivity index (χ1n) is 5.13. The van der Waals surface area contributed by atoms with Gasteiger partial charge in [-0.25, -0.2) is 0 Å². The van der Waals surface area contributed by atoms with Gasteiger partial charge in [0.25, 0.3) is 5.95 Å². The lowest BCUT2D eigenvalue weighted by atomic mass is 9.95. The van der Waals surface area contributed by atoms with E-state index in [-0.39, 0.29) is 5.60 Å². The van der Waals surface area contributed by atoms with E-state index < -0.39 is 0 Å². The van der Waals surface area contributed by atoms with E-state index >= 15 is 0 Å². The molecular weight excluding hydrogens is 178 g/mol. The lowest BCUT2D eigenvalue weighted by Gasteiger charge is -2.33. The molecule has 0 unspecified atom stereocenters. The molecule has 0 bridgehead atoms. The smallest absolute Gasteiger partial charge is 0.287 e. The number of piperidine rings is 1. The summed E-state index contributed by atoms with van der Waals surface area (Å²) in [7, 11) is 0. The standard InChI is InChI=1S/C11H17NO2/c1-9-3-8-13-10(9)14-11(2)4-6-12-7-5-11/h3,8,12H,4-7H2,1-2H3. The Kier molecular flexibility index (Phi) is 2.50. The van der Waals surface area contributed by atoms with Gasteiger partial charge in [0.1, 0.15) is 5.60 Å². The van der Waals surface area contributed by atoms with Crippen LogP contribution in [-0.4, -0.2) is 18.7 Å². The molecule has 0 spiro atoms. The summed E-state index contributed by atoms with van der Waals surface area (Å²) in [6.07, 6.45) is 3.75. The summed E-state index contributed by atoms with van der Waals surface area (Å²) in [5, 5.41) is 3.32. The van der Waals surface area contributed by atoms with E-state index in [0.29, 0.717) is 5.95 Å². The van der Waals surface area contributed by atoms with Gasteiger partial charge in [-0.3, -0.25) is 0 Å². The largest absolute Gasteiger partial charge is 0.459 e. The number of hydrogen-bond donors (Lipinski definition) is 1. The fourth-order valence-electron chi connectivity index (χ4n) is 1.74. The van der Waals surface area contributed by atoms with Gasteiger partial charge in [-0.15, -0.1) is 0 Å². The highest BCUT2D eigenvalue weighted by molar-refractivity contribution is 5.21. The van der Waals surface area contributed by atoms with Gasteiger partial charge in [-0.05, 0) is 45.8 Å². The van der Waals surface area contributed by atoms with Crippen molar-refractivity contribution < 1.29 is 9.15 Å². The Labute approximate surface area is 84.4 Å². The van der Waals surface area contributed by atoms with Gasteiger partial charge in [0.05, 0.1) is 6.26 Å². The van der Waals surface area contributed by atoms with Gasteiger partial charge in [0.2, 0.25) is 0 Å². The number of aryl methyl sites for hydroxylation is 1. The second-order valence-corrected chi connectivity index (χ2v) is 4.19. The second kappa shape index (κ2) is 3.65. The van der Waals surface area contributed by atoms with E-state index in [2.05, 4.69) is 12.2 Å². The molecular formula is C11H17NO2. The molecule has 0 amide bonds. The molecule has 0 radical (unpaired) electrons. The Balaban J connectivity index is 2.05. The van der Waals surface area contributed by atoms with Gasteiger partial charge < -0.3 is 14.5 Å². The van der Waals surface area contributed by atoms with Crippen molar-refractivity contribution in [2.75, 3.05) is 13.1 Å². The lowest BCUT2D eigenvalue weighted by Crippen LogP contribution is -2.43. The van der Waals surface area contributed by atoms with Crippen molar-refractivity contribution in [3.63, 3.8) is 0 Å². The Bertz CT molecular complexity index is 300. The number of ether oxygens (including phenoxy) is 1. The zero-order valence-corrected chi connectivity index (χ0v) is 8.80. The SMILES string of the molecule is Cc1ccoc1OC1(C)CCNCC1. The second-order valence-electron chi connectivity index (χ2n) is 4.19. The zero-order valence-electron chi connectivity index (χ0n) is 8.80. The van der Waals surface area contributed by atoms with Crippen LogP contribution in [0.3, 0.4) is 0 Å². The van der Waals surface area contributed by atoms with Crippen LogP contribution in [-0.2, 0) is 0 Å². The van der Waals surface area contributed by atoms with Crippen molar-refractivity contribution in [1.29, 1.82) is 0 Å². The number of furan rings is 1. The molecule has 0 saturated carbocycles. The van der Waals surface area contributed by atoms with E-state index in [4.69, 9.17) is 9.15 Å². The van der Waals surface area contributed by atoms with E-state index in [1.54, 1.807) is 6.26 Å². The van der Waals surface area contributed by atoms with Gasteiger partial charge in [-0.2, -0.15) is 0 Å². The highest BCUT2D eigenvalue weighted by atomic mass is 16.6. The molecule has 3 nitrogen and oxygen atoms in total. The Morgan fingerprint density at radius 2 is 2.14 bits per heavy atom. The molecule has 2 heterocycles. The fraction of sp³-hybridized carbons (Fsp3) is 0.636. The van der Waals surface area contributed by atoms with Crippen LogP contribution in [0, 0.1) is 6.92 Å². The van der Waals surface area contributed by atoms with Crippen LogP contribution in [0.4, 0.5) is 0 Å². The Hall–Kier alpha value is -0.960. The first kappa shape index (κ1) is 9.59. The van der Waals surface area contributed by atoms with E-state index in [1.807, 2.05) is 13.0 Å². The summed E-state index contributed by atoms with van der Waals surface area (Å²) in [5.41, 5.74) is 1.01. The highest BCUT2D eigenvalue weighted by Crippen LogP contribution is 2.28. The molecule has 0 atom stereocenters. The first-order valence-corrected chi connectivity index (χ1v) is 5.13. The van der Waals surface area contributed by atoms with Crippen LogP contribution >= 0.6 is 0 Å². The Morgan fingerprint density at radius 1 is 1.43 bits per heavy atom. The van der Waals surface area contributed by atoms with Crippen LogP contribution in [0.15, 0.2) is 16.7 Å². The van der Waals surface area contributed by atoms with Crippen molar-refractivity contribution in [1.82, 2.24) is 5.32 Å². The van der Waals surface area contributed by atoms with Crippen LogP contribution in [0.1, 0.15) is 25.3 Å². The zero-order chi connectivity index (χ0) is 10.0. The molecule has 0 aliphatic carbocycles. The van der Waals surface area contributed by atoms with Gasteiger partial charge in [0, 0.05) is 5.56 Å². The Morgan fingerprint density at radius 3 is 2.71 bits per heavy atom. The molecule has 1 fully saturated rings. The molecule has 1 aliphatic heterocycles. The summed E-state index contributed by atoms with van der Waals surface area (Å²) in [4.78, 5) is 0. The average molecular weight is 195 g/mol. The normalized spacial score (nSPS) is 20.7. The third kappa shape index (κ3) is 1.93. The molecule has 0 aromatic carbocycles. The summed E-state index contributed by atoms with van der Waals surface area (Å²) in [6.45, 7) is 6.20. The van der Waals surface area contributed by atoms with Crippen LogP contribution in [0.2, 0.25) is 0 Å². The van der Waals surface area contributed by atoms with Crippen molar-refractivity contribution >= 4 is 0 Å². The van der Waals surface area contributed by atoms with Crippen molar-refractivity contribution in [2.24, 2.45) is 0 Å². The maximum Gasteiger partial charge on any atom is 0.287 e. The number of nitrogens with one attached hydrogen (secondary N) is 1. The van der Waals surface area contributed by atoms with Crippen LogP contribution < -0.4 is 10.1 Å². The topological polar surface area (TPSA) is 34.4 Å². The minimum atomic E-state index is -0.0616. The average Bonchev–Trinajstić information content (AvgIpc) is 2.52. The van der Waals surface area contributed by atoms with Crippen LogP contribution in [0.5, 0.6) is 5.95 Å². The summed E-state index contributed by atoms with van der Waals surface area (Å²) < 4.78 is 11.2. The molecule has 1 saturated heterocycles. The van der Waals surface area contributed by atoms with Crippen LogP contribution in [0.25, 0.3) is 0 Å². The molecule has 1 aromatic rings.